The lowest BCUT2D eigenvalue weighted by Gasteiger charge is -2.19. The van der Waals surface area contributed by atoms with Gasteiger partial charge in [-0.25, -0.2) is 0 Å². The Bertz CT molecular complexity index is 224. The Morgan fingerprint density at radius 3 is 1.76 bits per heavy atom. The molecule has 0 heterocycles. The van der Waals surface area contributed by atoms with E-state index in [9.17, 15) is 9.59 Å². The summed E-state index contributed by atoms with van der Waals surface area (Å²) in [5.74, 6) is 0.117. The molecule has 2 atom stereocenters. The van der Waals surface area contributed by atoms with Crippen molar-refractivity contribution in [2.45, 2.75) is 25.9 Å². The highest BCUT2D eigenvalue weighted by Gasteiger charge is 2.21. The molecule has 0 fully saturated rings. The molecule has 0 saturated carbocycles. The quantitative estimate of drug-likeness (QED) is 0.434. The van der Waals surface area contributed by atoms with E-state index in [0.717, 1.165) is 0 Å². The molecule has 0 rings (SSSR count). The van der Waals surface area contributed by atoms with Gasteiger partial charge in [-0.05, 0) is 7.05 Å². The zero-order chi connectivity index (χ0) is 13.8. The van der Waals surface area contributed by atoms with Crippen LogP contribution in [0.2, 0.25) is 0 Å². The molecule has 2 unspecified atom stereocenters. The minimum atomic E-state index is -0.610. The van der Waals surface area contributed by atoms with Gasteiger partial charge in [0.15, 0.2) is 0 Å². The van der Waals surface area contributed by atoms with Gasteiger partial charge in [0.2, 0.25) is 11.8 Å². The van der Waals surface area contributed by atoms with E-state index < -0.39 is 12.1 Å². The Morgan fingerprint density at radius 2 is 1.47 bits per heavy atom. The van der Waals surface area contributed by atoms with Crippen LogP contribution in [0.1, 0.15) is 13.8 Å². The second kappa shape index (κ2) is 12.1. The standard InChI is InChI=1S/C8H17N3O2S2.C2H6/c1-9-5(3-14)8(13)11-6(4-15)7(12)10-2;1-2/h5-6,9,14-15H,3-4H2,1-2H3,(H,10,12)(H,11,13);1-2H3. The molecule has 5 nitrogen and oxygen atoms in total. The van der Waals surface area contributed by atoms with E-state index in [1.54, 1.807) is 7.05 Å². The molecule has 17 heavy (non-hydrogen) atoms. The van der Waals surface area contributed by atoms with E-state index in [-0.39, 0.29) is 17.6 Å². The number of hydrogen-bond acceptors (Lipinski definition) is 5. The van der Waals surface area contributed by atoms with Gasteiger partial charge in [0.25, 0.3) is 0 Å². The van der Waals surface area contributed by atoms with Crippen molar-refractivity contribution in [1.82, 2.24) is 16.0 Å². The average Bonchev–Trinajstić information content (AvgIpc) is 2.38. The Labute approximate surface area is 114 Å². The minimum Gasteiger partial charge on any atom is -0.357 e. The van der Waals surface area contributed by atoms with Crippen molar-refractivity contribution in [3.63, 3.8) is 0 Å². The molecule has 0 aromatic heterocycles. The summed E-state index contributed by atoms with van der Waals surface area (Å²) in [6, 6.07) is -1.01. The van der Waals surface area contributed by atoms with Crippen molar-refractivity contribution < 1.29 is 9.59 Å². The maximum atomic E-state index is 11.6. The molecular formula is C10H23N3O2S2. The lowest BCUT2D eigenvalue weighted by molar-refractivity contribution is -0.128. The first-order valence-corrected chi connectivity index (χ1v) is 6.78. The van der Waals surface area contributed by atoms with Crippen LogP contribution in [0.5, 0.6) is 0 Å². The first kappa shape index (κ1) is 19.0. The van der Waals surface area contributed by atoms with Gasteiger partial charge in [-0.15, -0.1) is 0 Å². The average molecular weight is 281 g/mol. The Morgan fingerprint density at radius 1 is 1.00 bits per heavy atom. The number of amides is 2. The van der Waals surface area contributed by atoms with Crippen LogP contribution in [0.3, 0.4) is 0 Å². The Balaban J connectivity index is 0. The number of hydrogen-bond donors (Lipinski definition) is 5. The number of rotatable bonds is 6. The number of carbonyl (C=O) groups excluding carboxylic acids is 2. The first-order chi connectivity index (χ1) is 8.10. The predicted octanol–water partition coefficient (Wildman–Crippen LogP) is -0.309. The zero-order valence-electron chi connectivity index (χ0n) is 10.8. The van der Waals surface area contributed by atoms with E-state index in [0.29, 0.717) is 5.75 Å². The molecule has 0 spiro atoms. The molecular weight excluding hydrogens is 258 g/mol. The topological polar surface area (TPSA) is 70.2 Å². The van der Waals surface area contributed by atoms with E-state index >= 15 is 0 Å². The fraction of sp³-hybridized carbons (Fsp3) is 0.800. The molecule has 0 saturated heterocycles. The largest absolute Gasteiger partial charge is 0.357 e. The van der Waals surface area contributed by atoms with Gasteiger partial charge in [-0.3, -0.25) is 9.59 Å². The van der Waals surface area contributed by atoms with Gasteiger partial charge in [0.05, 0.1) is 6.04 Å². The van der Waals surface area contributed by atoms with Crippen molar-refractivity contribution in [1.29, 1.82) is 0 Å². The van der Waals surface area contributed by atoms with E-state index in [1.807, 2.05) is 13.8 Å². The van der Waals surface area contributed by atoms with Crippen LogP contribution in [0.25, 0.3) is 0 Å². The number of carbonyl (C=O) groups is 2. The third-order valence-corrected chi connectivity index (χ3v) is 2.64. The van der Waals surface area contributed by atoms with Gasteiger partial charge < -0.3 is 16.0 Å². The van der Waals surface area contributed by atoms with Gasteiger partial charge in [0.1, 0.15) is 6.04 Å². The van der Waals surface area contributed by atoms with Crippen molar-refractivity contribution in [2.75, 3.05) is 25.6 Å². The summed E-state index contributed by atoms with van der Waals surface area (Å²) in [6.07, 6.45) is 0. The smallest absolute Gasteiger partial charge is 0.243 e. The van der Waals surface area contributed by atoms with Crippen LogP contribution in [0.4, 0.5) is 0 Å². The van der Waals surface area contributed by atoms with Gasteiger partial charge in [-0.2, -0.15) is 25.3 Å². The first-order valence-electron chi connectivity index (χ1n) is 5.51. The third kappa shape index (κ3) is 7.51. The molecule has 2 amide bonds. The van der Waals surface area contributed by atoms with Crippen molar-refractivity contribution >= 4 is 37.1 Å². The molecule has 0 aliphatic rings. The second-order valence-electron chi connectivity index (χ2n) is 2.88. The fourth-order valence-corrected chi connectivity index (χ4v) is 1.55. The summed E-state index contributed by atoms with van der Waals surface area (Å²) in [6.45, 7) is 4.00. The van der Waals surface area contributed by atoms with Gasteiger partial charge in [0, 0.05) is 18.6 Å². The summed E-state index contributed by atoms with van der Waals surface area (Å²) in [5, 5.41) is 7.83. The number of thiol groups is 2. The van der Waals surface area contributed by atoms with Crippen LogP contribution < -0.4 is 16.0 Å². The maximum Gasteiger partial charge on any atom is 0.243 e. The molecule has 0 bridgehead atoms. The third-order valence-electron chi connectivity index (χ3n) is 1.91. The highest BCUT2D eigenvalue weighted by atomic mass is 32.1. The minimum absolute atomic E-state index is 0.254. The highest BCUT2D eigenvalue weighted by molar-refractivity contribution is 7.80. The summed E-state index contributed by atoms with van der Waals surface area (Å²) in [4.78, 5) is 22.8. The van der Waals surface area contributed by atoms with Crippen LogP contribution in [-0.2, 0) is 9.59 Å². The molecule has 102 valence electrons. The summed E-state index contributed by atoms with van der Waals surface area (Å²) >= 11 is 8.01. The Kier molecular flexibility index (Phi) is 13.5. The SMILES string of the molecule is CC.CNC(=O)C(CS)NC(=O)C(CS)NC. The summed E-state index contributed by atoms with van der Waals surface area (Å²) in [7, 11) is 3.18. The van der Waals surface area contributed by atoms with E-state index in [1.165, 1.54) is 7.05 Å². The second-order valence-corrected chi connectivity index (χ2v) is 3.61. The number of likely N-dealkylation sites (N-methyl/N-ethyl adjacent to an activating group) is 2. The van der Waals surface area contributed by atoms with E-state index in [4.69, 9.17) is 0 Å². The summed E-state index contributed by atoms with van der Waals surface area (Å²) in [5.41, 5.74) is 0. The van der Waals surface area contributed by atoms with Crippen LogP contribution in [0.15, 0.2) is 0 Å². The van der Waals surface area contributed by atoms with E-state index in [2.05, 4.69) is 41.2 Å². The van der Waals surface area contributed by atoms with Crippen LogP contribution >= 0.6 is 25.3 Å². The Hall–Kier alpha value is -0.400. The highest BCUT2D eigenvalue weighted by Crippen LogP contribution is 1.92. The summed E-state index contributed by atoms with van der Waals surface area (Å²) < 4.78 is 0. The molecule has 0 radical (unpaired) electrons. The van der Waals surface area contributed by atoms with Gasteiger partial charge >= 0.3 is 0 Å². The zero-order valence-corrected chi connectivity index (χ0v) is 12.6. The van der Waals surface area contributed by atoms with Crippen LogP contribution in [-0.4, -0.2) is 49.5 Å². The number of nitrogens with one attached hydrogen (secondary N) is 3. The lowest BCUT2D eigenvalue weighted by Crippen LogP contribution is -2.53. The van der Waals surface area contributed by atoms with Crippen molar-refractivity contribution in [3.05, 3.63) is 0 Å². The fourth-order valence-electron chi connectivity index (χ4n) is 0.946. The normalized spacial score (nSPS) is 12.8. The maximum absolute atomic E-state index is 11.6. The monoisotopic (exact) mass is 281 g/mol. The van der Waals surface area contributed by atoms with Crippen molar-refractivity contribution in [2.24, 2.45) is 0 Å². The molecule has 0 aliphatic carbocycles. The van der Waals surface area contributed by atoms with Crippen LogP contribution in [0, 0.1) is 0 Å². The molecule has 0 aromatic rings. The molecule has 0 aliphatic heterocycles. The van der Waals surface area contributed by atoms with Gasteiger partial charge in [-0.1, -0.05) is 13.8 Å². The van der Waals surface area contributed by atoms with Crippen molar-refractivity contribution in [3.8, 4) is 0 Å². The lowest BCUT2D eigenvalue weighted by atomic mass is 10.2. The molecule has 7 heteroatoms. The predicted molar refractivity (Wildman–Crippen MR) is 77.9 cm³/mol. The molecule has 0 aromatic carbocycles. The molecule has 3 N–H and O–H groups in total.